The lowest BCUT2D eigenvalue weighted by atomic mass is 9.88. The molecular formula is C15H19N. The van der Waals surface area contributed by atoms with Gasteiger partial charge in [-0.15, -0.1) is 0 Å². The van der Waals surface area contributed by atoms with Crippen molar-refractivity contribution < 1.29 is 0 Å². The molecule has 0 atom stereocenters. The molecular weight excluding hydrogens is 194 g/mol. The van der Waals surface area contributed by atoms with E-state index in [1.54, 1.807) is 0 Å². The number of rotatable bonds is 2. The molecule has 0 aromatic heterocycles. The third-order valence-corrected chi connectivity index (χ3v) is 3.57. The summed E-state index contributed by atoms with van der Waals surface area (Å²) < 4.78 is 0. The predicted octanol–water partition coefficient (Wildman–Crippen LogP) is 3.64. The molecule has 1 nitrogen and oxygen atoms in total. The Labute approximate surface area is 97.7 Å². The van der Waals surface area contributed by atoms with Gasteiger partial charge in [-0.3, -0.25) is 0 Å². The van der Waals surface area contributed by atoms with Gasteiger partial charge in [0.1, 0.15) is 0 Å². The van der Waals surface area contributed by atoms with E-state index < -0.39 is 0 Å². The summed E-state index contributed by atoms with van der Waals surface area (Å²) in [7, 11) is 4.25. The quantitative estimate of drug-likeness (QED) is 0.736. The van der Waals surface area contributed by atoms with E-state index >= 15 is 0 Å². The molecule has 0 heterocycles. The zero-order valence-electron chi connectivity index (χ0n) is 10.5. The molecule has 0 unspecified atom stereocenters. The summed E-state index contributed by atoms with van der Waals surface area (Å²) in [5.41, 5.74) is 1.44. The van der Waals surface area contributed by atoms with Crippen LogP contribution >= 0.6 is 0 Å². The number of nitrogens with zero attached hydrogens (tertiary/aromatic N) is 1. The van der Waals surface area contributed by atoms with Crippen molar-refractivity contribution in [3.63, 3.8) is 0 Å². The maximum Gasteiger partial charge on any atom is 0.0404 e. The van der Waals surface area contributed by atoms with Crippen molar-refractivity contribution in [2.24, 2.45) is 0 Å². The summed E-state index contributed by atoms with van der Waals surface area (Å²) >= 11 is 0. The molecule has 0 N–H and O–H groups in total. The van der Waals surface area contributed by atoms with Crippen LogP contribution in [0.25, 0.3) is 10.8 Å². The number of benzene rings is 2. The second-order valence-electron chi connectivity index (χ2n) is 4.98. The molecule has 2 rings (SSSR count). The molecule has 0 saturated heterocycles. The first-order valence-corrected chi connectivity index (χ1v) is 5.69. The van der Waals surface area contributed by atoms with Gasteiger partial charge in [0.2, 0.25) is 0 Å². The highest BCUT2D eigenvalue weighted by molar-refractivity contribution is 5.86. The van der Waals surface area contributed by atoms with Crippen LogP contribution in [0.2, 0.25) is 0 Å². The molecule has 0 bridgehead atoms. The van der Waals surface area contributed by atoms with Crippen LogP contribution in [0.3, 0.4) is 0 Å². The third-order valence-electron chi connectivity index (χ3n) is 3.57. The molecule has 16 heavy (non-hydrogen) atoms. The molecule has 0 fully saturated rings. The van der Waals surface area contributed by atoms with E-state index in [1.807, 2.05) is 0 Å². The molecule has 2 aromatic rings. The van der Waals surface area contributed by atoms with Crippen LogP contribution in [0, 0.1) is 0 Å². The molecule has 0 radical (unpaired) electrons. The first-order chi connectivity index (χ1) is 7.53. The lowest BCUT2D eigenvalue weighted by molar-refractivity contribution is 0.199. The van der Waals surface area contributed by atoms with Crippen molar-refractivity contribution in [1.29, 1.82) is 0 Å². The Bertz CT molecular complexity index is 492. The van der Waals surface area contributed by atoms with Gasteiger partial charge in [0, 0.05) is 5.54 Å². The Kier molecular flexibility index (Phi) is 2.73. The smallest absolute Gasteiger partial charge is 0.0404 e. The Morgan fingerprint density at radius 1 is 0.875 bits per heavy atom. The topological polar surface area (TPSA) is 3.24 Å². The first kappa shape index (κ1) is 11.2. The lowest BCUT2D eigenvalue weighted by Crippen LogP contribution is -2.35. The Hall–Kier alpha value is -1.34. The Morgan fingerprint density at radius 3 is 2.19 bits per heavy atom. The highest BCUT2D eigenvalue weighted by Crippen LogP contribution is 2.31. The standard InChI is InChI=1S/C15H19N/c1-15(2,16(3)4)14-11-7-9-12-8-5-6-10-13(12)14/h5-11H,1-4H3. The Balaban J connectivity index is 2.70. The van der Waals surface area contributed by atoms with E-state index in [1.165, 1.54) is 16.3 Å². The van der Waals surface area contributed by atoms with E-state index in [0.29, 0.717) is 0 Å². The van der Waals surface area contributed by atoms with E-state index in [2.05, 4.69) is 75.3 Å². The van der Waals surface area contributed by atoms with Gasteiger partial charge in [-0.2, -0.15) is 0 Å². The molecule has 0 aliphatic rings. The van der Waals surface area contributed by atoms with Crippen LogP contribution in [0.1, 0.15) is 19.4 Å². The fourth-order valence-corrected chi connectivity index (χ4v) is 2.00. The number of fused-ring (bicyclic) bond motifs is 1. The van der Waals surface area contributed by atoms with Crippen LogP contribution in [0.4, 0.5) is 0 Å². The summed E-state index contributed by atoms with van der Waals surface area (Å²) in [6.45, 7) is 4.52. The Morgan fingerprint density at radius 2 is 1.50 bits per heavy atom. The summed E-state index contributed by atoms with van der Waals surface area (Å²) in [6, 6.07) is 15.1. The van der Waals surface area contributed by atoms with Crippen molar-refractivity contribution in [1.82, 2.24) is 4.90 Å². The lowest BCUT2D eigenvalue weighted by Gasteiger charge is -2.34. The molecule has 0 amide bonds. The van der Waals surface area contributed by atoms with Crippen molar-refractivity contribution in [2.75, 3.05) is 14.1 Å². The molecule has 1 heteroatoms. The minimum atomic E-state index is 0.0564. The molecule has 84 valence electrons. The van der Waals surface area contributed by atoms with Crippen molar-refractivity contribution in [3.05, 3.63) is 48.0 Å². The first-order valence-electron chi connectivity index (χ1n) is 5.69. The van der Waals surface area contributed by atoms with E-state index in [0.717, 1.165) is 0 Å². The molecule has 2 aromatic carbocycles. The fraction of sp³-hybridized carbons (Fsp3) is 0.333. The summed E-state index contributed by atoms with van der Waals surface area (Å²) in [4.78, 5) is 2.26. The average molecular weight is 213 g/mol. The van der Waals surface area contributed by atoms with E-state index in [4.69, 9.17) is 0 Å². The molecule has 0 aliphatic heterocycles. The van der Waals surface area contributed by atoms with Crippen LogP contribution in [-0.2, 0) is 5.54 Å². The van der Waals surface area contributed by atoms with Crippen molar-refractivity contribution >= 4 is 10.8 Å². The van der Waals surface area contributed by atoms with Gasteiger partial charge in [0.15, 0.2) is 0 Å². The summed E-state index contributed by atoms with van der Waals surface area (Å²) in [5, 5.41) is 2.67. The van der Waals surface area contributed by atoms with E-state index in [9.17, 15) is 0 Å². The maximum absolute atomic E-state index is 2.26. The number of hydrogen-bond donors (Lipinski definition) is 0. The van der Waals surface area contributed by atoms with Gasteiger partial charge < -0.3 is 4.90 Å². The summed E-state index contributed by atoms with van der Waals surface area (Å²) in [5.74, 6) is 0. The zero-order valence-corrected chi connectivity index (χ0v) is 10.5. The predicted molar refractivity (Wildman–Crippen MR) is 70.7 cm³/mol. The maximum atomic E-state index is 2.26. The van der Waals surface area contributed by atoms with Gasteiger partial charge in [-0.05, 0) is 44.3 Å². The van der Waals surface area contributed by atoms with Gasteiger partial charge >= 0.3 is 0 Å². The van der Waals surface area contributed by atoms with E-state index in [-0.39, 0.29) is 5.54 Å². The van der Waals surface area contributed by atoms with Gasteiger partial charge in [-0.1, -0.05) is 42.5 Å². The van der Waals surface area contributed by atoms with Gasteiger partial charge in [-0.25, -0.2) is 0 Å². The average Bonchev–Trinajstić information content (AvgIpc) is 2.28. The molecule has 0 spiro atoms. The molecule has 0 aliphatic carbocycles. The monoisotopic (exact) mass is 213 g/mol. The zero-order chi connectivity index (χ0) is 11.8. The van der Waals surface area contributed by atoms with Crippen LogP contribution in [0.15, 0.2) is 42.5 Å². The second-order valence-corrected chi connectivity index (χ2v) is 4.98. The van der Waals surface area contributed by atoms with Crippen LogP contribution in [-0.4, -0.2) is 19.0 Å². The minimum absolute atomic E-state index is 0.0564. The second kappa shape index (κ2) is 3.91. The highest BCUT2D eigenvalue weighted by atomic mass is 15.1. The van der Waals surface area contributed by atoms with Gasteiger partial charge in [0.25, 0.3) is 0 Å². The molecule has 0 saturated carbocycles. The summed E-state index contributed by atoms with van der Waals surface area (Å²) in [6.07, 6.45) is 0. The van der Waals surface area contributed by atoms with Gasteiger partial charge in [0.05, 0.1) is 0 Å². The highest BCUT2D eigenvalue weighted by Gasteiger charge is 2.24. The SMILES string of the molecule is CN(C)C(C)(C)c1cccc2ccccc12. The minimum Gasteiger partial charge on any atom is -0.300 e. The normalized spacial score (nSPS) is 12.3. The number of hydrogen-bond acceptors (Lipinski definition) is 1. The van der Waals surface area contributed by atoms with Crippen molar-refractivity contribution in [2.45, 2.75) is 19.4 Å². The fourth-order valence-electron chi connectivity index (χ4n) is 2.00. The third kappa shape index (κ3) is 1.72. The van der Waals surface area contributed by atoms with Crippen LogP contribution < -0.4 is 0 Å². The van der Waals surface area contributed by atoms with Crippen molar-refractivity contribution in [3.8, 4) is 0 Å². The largest absolute Gasteiger partial charge is 0.300 e. The van der Waals surface area contributed by atoms with Crippen LogP contribution in [0.5, 0.6) is 0 Å².